The van der Waals surface area contributed by atoms with E-state index >= 15 is 0 Å². The lowest BCUT2D eigenvalue weighted by molar-refractivity contribution is 0.768. The van der Waals surface area contributed by atoms with Gasteiger partial charge in [-0.3, -0.25) is 5.10 Å². The van der Waals surface area contributed by atoms with E-state index in [1.807, 2.05) is 6.92 Å². The molecule has 3 nitrogen and oxygen atoms in total. The van der Waals surface area contributed by atoms with Gasteiger partial charge < -0.3 is 5.73 Å². The van der Waals surface area contributed by atoms with Gasteiger partial charge in [-0.2, -0.15) is 5.10 Å². The normalized spacial score (nSPS) is 13.7. The number of aromatic nitrogens is 2. The van der Waals surface area contributed by atoms with E-state index in [1.165, 1.54) is 0 Å². The van der Waals surface area contributed by atoms with Crippen molar-refractivity contribution in [2.75, 3.05) is 0 Å². The van der Waals surface area contributed by atoms with Gasteiger partial charge in [-0.1, -0.05) is 0 Å². The van der Waals surface area contributed by atoms with Gasteiger partial charge in [0.25, 0.3) is 0 Å². The van der Waals surface area contributed by atoms with Gasteiger partial charge in [-0.15, -0.1) is 0 Å². The summed E-state index contributed by atoms with van der Waals surface area (Å²) in [5.41, 5.74) is 6.50. The zero-order valence-electron chi connectivity index (χ0n) is 5.06. The van der Waals surface area contributed by atoms with E-state index in [4.69, 9.17) is 5.73 Å². The molecule has 1 aromatic heterocycles. The Labute approximate surface area is 61.8 Å². The lowest BCUT2D eigenvalue weighted by atomic mass is 10.3. The van der Waals surface area contributed by atoms with E-state index in [0.717, 1.165) is 10.2 Å². The minimum absolute atomic E-state index is 0.0156. The van der Waals surface area contributed by atoms with E-state index in [9.17, 15) is 0 Å². The fraction of sp³-hybridized carbons (Fsp3) is 0.400. The van der Waals surface area contributed by atoms with Crippen molar-refractivity contribution in [2.45, 2.75) is 13.0 Å². The van der Waals surface area contributed by atoms with Crippen molar-refractivity contribution in [1.82, 2.24) is 10.2 Å². The van der Waals surface area contributed by atoms with Crippen molar-refractivity contribution in [3.05, 3.63) is 16.4 Å². The Morgan fingerprint density at radius 1 is 1.89 bits per heavy atom. The Hall–Kier alpha value is -0.350. The number of nitrogens with zero attached hydrogens (tertiary/aromatic N) is 1. The third kappa shape index (κ3) is 1.31. The van der Waals surface area contributed by atoms with Crippen molar-refractivity contribution in [1.29, 1.82) is 0 Å². The zero-order valence-corrected chi connectivity index (χ0v) is 6.64. The van der Waals surface area contributed by atoms with E-state index in [0.29, 0.717) is 0 Å². The van der Waals surface area contributed by atoms with Crippen LogP contribution in [0.5, 0.6) is 0 Å². The van der Waals surface area contributed by atoms with Gasteiger partial charge in [0.1, 0.15) is 0 Å². The lowest BCUT2D eigenvalue weighted by Gasteiger charge is -1.99. The Morgan fingerprint density at radius 3 is 2.78 bits per heavy atom. The molecule has 0 saturated heterocycles. The van der Waals surface area contributed by atoms with Crippen molar-refractivity contribution >= 4 is 15.9 Å². The first kappa shape index (κ1) is 6.77. The van der Waals surface area contributed by atoms with E-state index < -0.39 is 0 Å². The summed E-state index contributed by atoms with van der Waals surface area (Å²) in [6, 6.07) is 0.0156. The summed E-state index contributed by atoms with van der Waals surface area (Å²) in [4.78, 5) is 0. The second-order valence-corrected chi connectivity index (χ2v) is 2.77. The first-order valence-electron chi connectivity index (χ1n) is 2.66. The lowest BCUT2D eigenvalue weighted by Crippen LogP contribution is -2.05. The highest BCUT2D eigenvalue weighted by molar-refractivity contribution is 9.10. The molecule has 0 aromatic carbocycles. The van der Waals surface area contributed by atoms with Crippen molar-refractivity contribution in [3.8, 4) is 0 Å². The van der Waals surface area contributed by atoms with Gasteiger partial charge in [0.15, 0.2) is 0 Å². The molecule has 1 aromatic rings. The van der Waals surface area contributed by atoms with Gasteiger partial charge in [-0.05, 0) is 22.9 Å². The van der Waals surface area contributed by atoms with Gasteiger partial charge in [0, 0.05) is 6.04 Å². The second kappa shape index (κ2) is 2.49. The van der Waals surface area contributed by atoms with Gasteiger partial charge >= 0.3 is 0 Å². The molecule has 0 spiro atoms. The summed E-state index contributed by atoms with van der Waals surface area (Å²) >= 11 is 3.29. The van der Waals surface area contributed by atoms with Crippen LogP contribution < -0.4 is 5.73 Å². The fourth-order valence-electron chi connectivity index (χ4n) is 0.601. The molecule has 50 valence electrons. The van der Waals surface area contributed by atoms with Crippen molar-refractivity contribution in [3.63, 3.8) is 0 Å². The van der Waals surface area contributed by atoms with Gasteiger partial charge in [-0.25, -0.2) is 0 Å². The number of halogens is 1. The van der Waals surface area contributed by atoms with Crippen LogP contribution in [0, 0.1) is 0 Å². The average Bonchev–Trinajstić information content (AvgIpc) is 2.13. The highest BCUT2D eigenvalue weighted by Gasteiger charge is 2.04. The first-order chi connectivity index (χ1) is 4.22. The fourth-order valence-corrected chi connectivity index (χ4v) is 1.15. The van der Waals surface area contributed by atoms with E-state index in [2.05, 4.69) is 26.1 Å². The second-order valence-electron chi connectivity index (χ2n) is 1.92. The van der Waals surface area contributed by atoms with Crippen LogP contribution in [-0.4, -0.2) is 10.2 Å². The Kier molecular flexibility index (Phi) is 1.87. The molecule has 0 unspecified atom stereocenters. The molecule has 0 fully saturated rings. The van der Waals surface area contributed by atoms with Crippen molar-refractivity contribution < 1.29 is 0 Å². The number of hydrogen-bond acceptors (Lipinski definition) is 2. The van der Waals surface area contributed by atoms with Crippen molar-refractivity contribution in [2.24, 2.45) is 5.73 Å². The summed E-state index contributed by atoms with van der Waals surface area (Å²) in [7, 11) is 0. The quantitative estimate of drug-likeness (QED) is 0.698. The molecular formula is C5H8BrN3. The van der Waals surface area contributed by atoms with Crippen LogP contribution in [0.2, 0.25) is 0 Å². The molecule has 0 radical (unpaired) electrons. The molecule has 4 heteroatoms. The third-order valence-electron chi connectivity index (χ3n) is 1.08. The summed E-state index contributed by atoms with van der Waals surface area (Å²) in [5, 5.41) is 6.57. The minimum Gasteiger partial charge on any atom is -0.323 e. The number of nitrogens with two attached hydrogens (primary N) is 1. The maximum atomic E-state index is 5.56. The molecule has 1 atom stereocenters. The van der Waals surface area contributed by atoms with Crippen LogP contribution in [-0.2, 0) is 0 Å². The van der Waals surface area contributed by atoms with E-state index in [1.54, 1.807) is 6.20 Å². The summed E-state index contributed by atoms with van der Waals surface area (Å²) in [5.74, 6) is 0. The number of aromatic amines is 1. The highest BCUT2D eigenvalue weighted by Crippen LogP contribution is 2.17. The third-order valence-corrected chi connectivity index (χ3v) is 1.71. The molecule has 3 N–H and O–H groups in total. The van der Waals surface area contributed by atoms with Crippen LogP contribution in [0.15, 0.2) is 10.7 Å². The minimum atomic E-state index is 0.0156. The molecule has 0 aliphatic rings. The van der Waals surface area contributed by atoms with Crippen LogP contribution >= 0.6 is 15.9 Å². The first-order valence-corrected chi connectivity index (χ1v) is 3.45. The number of nitrogens with one attached hydrogen (secondary N) is 1. The number of hydrogen-bond donors (Lipinski definition) is 2. The van der Waals surface area contributed by atoms with E-state index in [-0.39, 0.29) is 6.04 Å². The molecule has 0 bridgehead atoms. The maximum Gasteiger partial charge on any atom is 0.0658 e. The standard InChI is InChI=1S/C5H8BrN3/c1-3(7)5-4(6)2-8-9-5/h2-3H,7H2,1H3,(H,8,9)/t3-/m0/s1. The number of H-pyrrole nitrogens is 1. The van der Waals surface area contributed by atoms with Crippen LogP contribution in [0.3, 0.4) is 0 Å². The predicted octanol–water partition coefficient (Wildman–Crippen LogP) is 1.19. The van der Waals surface area contributed by atoms with Gasteiger partial charge in [0.05, 0.1) is 16.4 Å². The maximum absolute atomic E-state index is 5.56. The highest BCUT2D eigenvalue weighted by atomic mass is 79.9. The SMILES string of the molecule is C[C@H](N)c1[nH]ncc1Br. The largest absolute Gasteiger partial charge is 0.323 e. The smallest absolute Gasteiger partial charge is 0.0658 e. The van der Waals surface area contributed by atoms with Crippen LogP contribution in [0.1, 0.15) is 18.7 Å². The summed E-state index contributed by atoms with van der Waals surface area (Å²) in [6.45, 7) is 1.90. The van der Waals surface area contributed by atoms with Crippen LogP contribution in [0.4, 0.5) is 0 Å². The Morgan fingerprint density at radius 2 is 2.56 bits per heavy atom. The van der Waals surface area contributed by atoms with Gasteiger partial charge in [0.2, 0.25) is 0 Å². The molecule has 9 heavy (non-hydrogen) atoms. The zero-order chi connectivity index (χ0) is 6.85. The topological polar surface area (TPSA) is 54.7 Å². The number of rotatable bonds is 1. The molecule has 0 amide bonds. The monoisotopic (exact) mass is 189 g/mol. The predicted molar refractivity (Wildman–Crippen MR) is 38.9 cm³/mol. The molecule has 0 saturated carbocycles. The average molecular weight is 190 g/mol. The molecule has 1 heterocycles. The molecule has 1 rings (SSSR count). The van der Waals surface area contributed by atoms with Crippen LogP contribution in [0.25, 0.3) is 0 Å². The molecular weight excluding hydrogens is 182 g/mol. The molecule has 0 aliphatic heterocycles. The molecule has 0 aliphatic carbocycles. The summed E-state index contributed by atoms with van der Waals surface area (Å²) in [6.07, 6.45) is 1.69. The Balaban J connectivity index is 2.94. The summed E-state index contributed by atoms with van der Waals surface area (Å²) < 4.78 is 0.942. The Bertz CT molecular complexity index is 194.